The molecule has 1 aromatic rings. The Hall–Kier alpha value is -2.59. The van der Waals surface area contributed by atoms with Crippen molar-refractivity contribution in [2.45, 2.75) is 17.4 Å². The Bertz CT molecular complexity index is 795. The minimum Gasteiger partial charge on any atom is -0.452 e. The summed E-state index contributed by atoms with van der Waals surface area (Å²) in [7, 11) is 0. The number of amides is 4. The monoisotopic (exact) mass is 407 g/mol. The van der Waals surface area contributed by atoms with Crippen LogP contribution in [0.4, 0.5) is 4.79 Å². The summed E-state index contributed by atoms with van der Waals surface area (Å²) in [4.78, 5) is 50.1. The minimum absolute atomic E-state index is 0.238. The molecule has 2 heterocycles. The van der Waals surface area contributed by atoms with Gasteiger partial charge in [-0.05, 0) is 19.1 Å². The summed E-state index contributed by atoms with van der Waals surface area (Å²) in [5.41, 5.74) is -0.763. The van der Waals surface area contributed by atoms with E-state index >= 15 is 0 Å². The first-order valence-electron chi connectivity index (χ1n) is 8.77. The highest BCUT2D eigenvalue weighted by molar-refractivity contribution is 7.99. The van der Waals surface area contributed by atoms with Crippen molar-refractivity contribution in [3.63, 3.8) is 0 Å². The van der Waals surface area contributed by atoms with Crippen molar-refractivity contribution in [2.24, 2.45) is 0 Å². The Morgan fingerprint density at radius 3 is 2.64 bits per heavy atom. The van der Waals surface area contributed by atoms with Gasteiger partial charge in [-0.15, -0.1) is 11.8 Å². The molecule has 1 aromatic carbocycles. The summed E-state index contributed by atoms with van der Waals surface area (Å²) in [5, 5.41) is 4.78. The van der Waals surface area contributed by atoms with Crippen LogP contribution in [0.25, 0.3) is 0 Å². The number of urea groups is 1. The Morgan fingerprint density at radius 2 is 1.96 bits per heavy atom. The van der Waals surface area contributed by atoms with E-state index in [4.69, 9.17) is 9.47 Å². The fourth-order valence-corrected chi connectivity index (χ4v) is 3.90. The average Bonchev–Trinajstić information content (AvgIpc) is 2.97. The van der Waals surface area contributed by atoms with Crippen LogP contribution in [0, 0.1) is 0 Å². The lowest BCUT2D eigenvalue weighted by Crippen LogP contribution is -2.46. The molecule has 2 saturated heterocycles. The first kappa shape index (κ1) is 20.2. The van der Waals surface area contributed by atoms with Gasteiger partial charge in [0, 0.05) is 23.7 Å². The first-order chi connectivity index (χ1) is 13.4. The lowest BCUT2D eigenvalue weighted by molar-refractivity contribution is -0.138. The Balaban J connectivity index is 1.59. The predicted molar refractivity (Wildman–Crippen MR) is 99.9 cm³/mol. The predicted octanol–water partition coefficient (Wildman–Crippen LogP) is 0.392. The van der Waals surface area contributed by atoms with E-state index in [-0.39, 0.29) is 18.3 Å². The Labute approximate surface area is 166 Å². The van der Waals surface area contributed by atoms with Crippen molar-refractivity contribution in [3.05, 3.63) is 29.8 Å². The highest BCUT2D eigenvalue weighted by Crippen LogP contribution is 2.28. The van der Waals surface area contributed by atoms with Gasteiger partial charge in [-0.3, -0.25) is 14.9 Å². The molecule has 10 heteroatoms. The van der Waals surface area contributed by atoms with E-state index in [0.29, 0.717) is 36.8 Å². The van der Waals surface area contributed by atoms with E-state index in [1.807, 2.05) is 0 Å². The molecule has 0 aliphatic carbocycles. The van der Waals surface area contributed by atoms with Gasteiger partial charge in [-0.1, -0.05) is 12.1 Å². The summed E-state index contributed by atoms with van der Waals surface area (Å²) in [6, 6.07) is 6.23. The second-order valence-corrected chi connectivity index (χ2v) is 7.61. The van der Waals surface area contributed by atoms with Gasteiger partial charge in [0.1, 0.15) is 5.54 Å². The highest BCUT2D eigenvalue weighted by Gasteiger charge is 2.42. The van der Waals surface area contributed by atoms with E-state index < -0.39 is 23.4 Å². The molecule has 9 nitrogen and oxygen atoms in total. The van der Waals surface area contributed by atoms with Crippen molar-refractivity contribution in [1.29, 1.82) is 0 Å². The van der Waals surface area contributed by atoms with E-state index in [2.05, 4.69) is 10.6 Å². The van der Waals surface area contributed by atoms with E-state index in [9.17, 15) is 19.2 Å². The number of carbonyl (C=O) groups excluding carboxylic acids is 4. The van der Waals surface area contributed by atoms with Gasteiger partial charge in [0.25, 0.3) is 11.8 Å². The molecular formula is C18H21N3O6S. The second-order valence-electron chi connectivity index (χ2n) is 6.59. The van der Waals surface area contributed by atoms with Crippen LogP contribution in [-0.4, -0.2) is 72.9 Å². The largest absolute Gasteiger partial charge is 0.452 e. The topological polar surface area (TPSA) is 114 Å². The molecule has 3 rings (SSSR count). The summed E-state index contributed by atoms with van der Waals surface area (Å²) in [5.74, 6) is -1.06. The van der Waals surface area contributed by atoms with Crippen LogP contribution in [0.3, 0.4) is 0 Å². The smallest absolute Gasteiger partial charge is 0.339 e. The van der Waals surface area contributed by atoms with Crippen LogP contribution >= 0.6 is 11.8 Å². The number of benzene rings is 1. The maximum Gasteiger partial charge on any atom is 0.339 e. The molecule has 0 radical (unpaired) electrons. The molecule has 4 amide bonds. The van der Waals surface area contributed by atoms with Crippen LogP contribution in [-0.2, 0) is 19.1 Å². The Kier molecular flexibility index (Phi) is 6.20. The number of nitrogens with zero attached hydrogens (tertiary/aromatic N) is 1. The minimum atomic E-state index is -1.06. The summed E-state index contributed by atoms with van der Waals surface area (Å²) in [6.07, 6.45) is 0. The normalized spacial score (nSPS) is 21.8. The number of hydrogen-bond acceptors (Lipinski definition) is 7. The number of rotatable bonds is 6. The molecule has 2 aliphatic heterocycles. The molecule has 0 aromatic heterocycles. The molecule has 28 heavy (non-hydrogen) atoms. The standard InChI is InChI=1S/C18H21N3O6S/c1-18(16(24)19-17(25)20-18)11-28-13-5-3-2-4-12(13)15(23)27-10-14(22)21-6-8-26-9-7-21/h2-5H,6-11H2,1H3,(H2,19,20,24,25)/t18-/m1/s1. The van der Waals surface area contributed by atoms with Crippen molar-refractivity contribution in [1.82, 2.24) is 15.5 Å². The molecule has 0 spiro atoms. The van der Waals surface area contributed by atoms with Gasteiger partial charge in [-0.25, -0.2) is 9.59 Å². The zero-order valence-corrected chi connectivity index (χ0v) is 16.2. The van der Waals surface area contributed by atoms with Crippen LogP contribution in [0.1, 0.15) is 17.3 Å². The molecule has 0 unspecified atom stereocenters. The second kappa shape index (κ2) is 8.61. The number of morpholine rings is 1. The maximum atomic E-state index is 12.5. The molecule has 2 aliphatic rings. The zero-order chi connectivity index (χ0) is 20.1. The van der Waals surface area contributed by atoms with Crippen LogP contribution in [0.2, 0.25) is 0 Å². The van der Waals surface area contributed by atoms with Crippen molar-refractivity contribution in [2.75, 3.05) is 38.7 Å². The lowest BCUT2D eigenvalue weighted by atomic mass is 10.1. The third-order valence-corrected chi connectivity index (χ3v) is 5.82. The number of esters is 1. The molecular weight excluding hydrogens is 386 g/mol. The summed E-state index contributed by atoms with van der Waals surface area (Å²) < 4.78 is 10.4. The number of imide groups is 1. The van der Waals surface area contributed by atoms with Crippen LogP contribution in [0.15, 0.2) is 29.2 Å². The summed E-state index contributed by atoms with van der Waals surface area (Å²) in [6.45, 7) is 3.19. The van der Waals surface area contributed by atoms with Crippen molar-refractivity contribution in [3.8, 4) is 0 Å². The molecule has 0 bridgehead atoms. The highest BCUT2D eigenvalue weighted by atomic mass is 32.2. The zero-order valence-electron chi connectivity index (χ0n) is 15.4. The fraction of sp³-hybridized carbons (Fsp3) is 0.444. The number of carbonyl (C=O) groups is 4. The average molecular weight is 407 g/mol. The molecule has 2 fully saturated rings. The van der Waals surface area contributed by atoms with Crippen LogP contribution < -0.4 is 10.6 Å². The lowest BCUT2D eigenvalue weighted by Gasteiger charge is -2.26. The van der Waals surface area contributed by atoms with Gasteiger partial charge in [0.2, 0.25) is 0 Å². The van der Waals surface area contributed by atoms with Gasteiger partial charge < -0.3 is 19.7 Å². The van der Waals surface area contributed by atoms with E-state index in [1.54, 1.807) is 36.1 Å². The number of thioether (sulfide) groups is 1. The maximum absolute atomic E-state index is 12.5. The molecule has 1 atom stereocenters. The third kappa shape index (κ3) is 4.63. The molecule has 0 saturated carbocycles. The quantitative estimate of drug-likeness (QED) is 0.398. The number of hydrogen-bond donors (Lipinski definition) is 2. The van der Waals surface area contributed by atoms with Gasteiger partial charge in [0.05, 0.1) is 18.8 Å². The first-order valence-corrected chi connectivity index (χ1v) is 9.76. The van der Waals surface area contributed by atoms with Gasteiger partial charge >= 0.3 is 12.0 Å². The van der Waals surface area contributed by atoms with E-state index in [1.165, 1.54) is 11.8 Å². The number of ether oxygens (including phenoxy) is 2. The number of nitrogens with one attached hydrogen (secondary N) is 2. The van der Waals surface area contributed by atoms with Crippen molar-refractivity contribution >= 4 is 35.6 Å². The molecule has 2 N–H and O–H groups in total. The third-order valence-electron chi connectivity index (χ3n) is 4.43. The van der Waals surface area contributed by atoms with Crippen LogP contribution in [0.5, 0.6) is 0 Å². The fourth-order valence-electron chi connectivity index (χ4n) is 2.77. The van der Waals surface area contributed by atoms with Crippen molar-refractivity contribution < 1.29 is 28.7 Å². The van der Waals surface area contributed by atoms with Gasteiger partial charge in [0.15, 0.2) is 6.61 Å². The molecule has 150 valence electrons. The SMILES string of the molecule is C[C@]1(CSc2ccccc2C(=O)OCC(=O)N2CCOCC2)NC(=O)NC1=O. The summed E-state index contributed by atoms with van der Waals surface area (Å²) >= 11 is 1.25. The Morgan fingerprint density at radius 1 is 1.25 bits per heavy atom. The van der Waals surface area contributed by atoms with E-state index in [0.717, 1.165) is 0 Å². The van der Waals surface area contributed by atoms with Gasteiger partial charge in [-0.2, -0.15) is 0 Å².